The smallest absolute Gasteiger partial charge is 0.231 e. The molecular formula is C12H13N3O3. The van der Waals surface area contributed by atoms with Crippen molar-refractivity contribution in [1.82, 2.24) is 15.5 Å². The summed E-state index contributed by atoms with van der Waals surface area (Å²) in [6, 6.07) is 5.94. The molecule has 1 aliphatic heterocycles. The molecule has 6 nitrogen and oxygen atoms in total. The number of aromatic nitrogens is 2. The van der Waals surface area contributed by atoms with E-state index < -0.39 is 0 Å². The third-order valence-corrected chi connectivity index (χ3v) is 2.70. The Kier molecular flexibility index (Phi) is 3.10. The van der Waals surface area contributed by atoms with Crippen LogP contribution in [-0.2, 0) is 13.0 Å². The minimum absolute atomic E-state index is 0.310. The lowest BCUT2D eigenvalue weighted by Crippen LogP contribution is -2.17. The number of nitrogens with one attached hydrogen (secondary N) is 1. The van der Waals surface area contributed by atoms with Crippen molar-refractivity contribution in [1.29, 1.82) is 0 Å². The van der Waals surface area contributed by atoms with Gasteiger partial charge in [-0.3, -0.25) is 0 Å². The van der Waals surface area contributed by atoms with E-state index in [2.05, 4.69) is 20.0 Å². The second kappa shape index (κ2) is 5.05. The third kappa shape index (κ3) is 2.43. The zero-order valence-electron chi connectivity index (χ0n) is 9.76. The van der Waals surface area contributed by atoms with E-state index in [0.717, 1.165) is 36.6 Å². The Morgan fingerprint density at radius 1 is 1.22 bits per heavy atom. The van der Waals surface area contributed by atoms with Crippen LogP contribution in [0, 0.1) is 0 Å². The van der Waals surface area contributed by atoms with Crippen molar-refractivity contribution >= 4 is 0 Å². The first-order chi connectivity index (χ1) is 8.92. The number of hydrogen-bond donors (Lipinski definition) is 1. The maximum atomic E-state index is 5.32. The van der Waals surface area contributed by atoms with Gasteiger partial charge < -0.3 is 19.3 Å². The van der Waals surface area contributed by atoms with Gasteiger partial charge in [-0.05, 0) is 17.7 Å². The normalized spacial score (nSPS) is 12.9. The summed E-state index contributed by atoms with van der Waals surface area (Å²) in [5.41, 5.74) is 1.16. The summed E-state index contributed by atoms with van der Waals surface area (Å²) in [5.74, 6) is 2.34. The van der Waals surface area contributed by atoms with Crippen LogP contribution in [0.2, 0.25) is 0 Å². The molecule has 2 heterocycles. The van der Waals surface area contributed by atoms with Crippen LogP contribution in [0.25, 0.3) is 0 Å². The third-order valence-electron chi connectivity index (χ3n) is 2.70. The van der Waals surface area contributed by atoms with Crippen molar-refractivity contribution < 1.29 is 14.0 Å². The Morgan fingerprint density at radius 2 is 2.17 bits per heavy atom. The van der Waals surface area contributed by atoms with E-state index in [1.165, 1.54) is 6.39 Å². The number of fused-ring (bicyclic) bond motifs is 1. The van der Waals surface area contributed by atoms with Crippen LogP contribution in [0.5, 0.6) is 11.5 Å². The zero-order valence-corrected chi connectivity index (χ0v) is 9.76. The molecule has 94 valence electrons. The van der Waals surface area contributed by atoms with E-state index in [0.29, 0.717) is 12.6 Å². The van der Waals surface area contributed by atoms with Crippen LogP contribution in [0.15, 0.2) is 29.1 Å². The molecule has 1 aromatic heterocycles. The summed E-state index contributed by atoms with van der Waals surface area (Å²) < 4.78 is 15.2. The van der Waals surface area contributed by atoms with E-state index in [1.807, 2.05) is 18.2 Å². The van der Waals surface area contributed by atoms with Crippen LogP contribution in [-0.4, -0.2) is 23.5 Å². The highest BCUT2D eigenvalue weighted by Crippen LogP contribution is 2.32. The molecular weight excluding hydrogens is 234 g/mol. The van der Waals surface area contributed by atoms with E-state index >= 15 is 0 Å². The molecule has 2 aromatic rings. The number of ether oxygens (including phenoxy) is 2. The maximum Gasteiger partial charge on any atom is 0.231 e. The van der Waals surface area contributed by atoms with Crippen molar-refractivity contribution in [3.8, 4) is 11.5 Å². The molecule has 18 heavy (non-hydrogen) atoms. The average Bonchev–Trinajstić information content (AvgIpc) is 3.05. The lowest BCUT2D eigenvalue weighted by atomic mass is 10.2. The molecule has 0 aliphatic carbocycles. The standard InChI is InChI=1S/C12H13N3O3/c1-2-10-11(17-8-16-10)5-9(1)6-13-4-3-12-14-7-18-15-12/h1-2,5,7,13H,3-4,6,8H2. The molecule has 0 bridgehead atoms. The van der Waals surface area contributed by atoms with Gasteiger partial charge in [0.1, 0.15) is 0 Å². The monoisotopic (exact) mass is 247 g/mol. The van der Waals surface area contributed by atoms with Gasteiger partial charge in [-0.15, -0.1) is 0 Å². The quantitative estimate of drug-likeness (QED) is 0.799. The molecule has 0 unspecified atom stereocenters. The summed E-state index contributed by atoms with van der Waals surface area (Å²) in [6.07, 6.45) is 2.09. The fourth-order valence-electron chi connectivity index (χ4n) is 1.79. The number of nitrogens with zero attached hydrogens (tertiary/aromatic N) is 2. The van der Waals surface area contributed by atoms with Gasteiger partial charge in [0.25, 0.3) is 0 Å². The van der Waals surface area contributed by atoms with Gasteiger partial charge in [0, 0.05) is 19.5 Å². The molecule has 1 N–H and O–H groups in total. The van der Waals surface area contributed by atoms with Gasteiger partial charge in [-0.2, -0.15) is 4.98 Å². The predicted molar refractivity (Wildman–Crippen MR) is 62.3 cm³/mol. The van der Waals surface area contributed by atoms with Crippen molar-refractivity contribution in [2.24, 2.45) is 0 Å². The van der Waals surface area contributed by atoms with Gasteiger partial charge >= 0.3 is 0 Å². The molecule has 0 fully saturated rings. The highest BCUT2D eigenvalue weighted by Gasteiger charge is 2.12. The Balaban J connectivity index is 1.48. The maximum absolute atomic E-state index is 5.32. The number of rotatable bonds is 5. The summed E-state index contributed by atoms with van der Waals surface area (Å²) >= 11 is 0. The minimum Gasteiger partial charge on any atom is -0.454 e. The van der Waals surface area contributed by atoms with Crippen LogP contribution in [0.4, 0.5) is 0 Å². The van der Waals surface area contributed by atoms with Crippen molar-refractivity contribution in [3.05, 3.63) is 36.0 Å². The SMILES string of the molecule is c1nc(CCNCc2ccc3c(c2)OCO3)no1. The molecule has 3 rings (SSSR count). The number of hydrogen-bond acceptors (Lipinski definition) is 6. The van der Waals surface area contributed by atoms with Gasteiger partial charge in [-0.25, -0.2) is 0 Å². The van der Waals surface area contributed by atoms with E-state index in [4.69, 9.17) is 9.47 Å². The molecule has 1 aliphatic rings. The highest BCUT2D eigenvalue weighted by atomic mass is 16.7. The topological polar surface area (TPSA) is 69.4 Å². The Hall–Kier alpha value is -2.08. The van der Waals surface area contributed by atoms with Crippen LogP contribution in [0.3, 0.4) is 0 Å². The van der Waals surface area contributed by atoms with Gasteiger partial charge in [0.15, 0.2) is 17.3 Å². The van der Waals surface area contributed by atoms with Crippen molar-refractivity contribution in [3.63, 3.8) is 0 Å². The van der Waals surface area contributed by atoms with E-state index in [9.17, 15) is 0 Å². The van der Waals surface area contributed by atoms with Gasteiger partial charge in [0.05, 0.1) is 0 Å². The first-order valence-electron chi connectivity index (χ1n) is 5.76. The summed E-state index contributed by atoms with van der Waals surface area (Å²) in [6.45, 7) is 1.88. The zero-order chi connectivity index (χ0) is 12.2. The first kappa shape index (κ1) is 11.0. The lowest BCUT2D eigenvalue weighted by Gasteiger charge is -2.04. The van der Waals surface area contributed by atoms with Crippen LogP contribution >= 0.6 is 0 Å². The van der Waals surface area contributed by atoms with E-state index in [-0.39, 0.29) is 0 Å². The Morgan fingerprint density at radius 3 is 3.06 bits per heavy atom. The summed E-state index contributed by atoms with van der Waals surface area (Å²) in [5, 5.41) is 7.06. The van der Waals surface area contributed by atoms with Crippen LogP contribution < -0.4 is 14.8 Å². The highest BCUT2D eigenvalue weighted by molar-refractivity contribution is 5.44. The Labute approximate surface area is 104 Å². The fourth-order valence-corrected chi connectivity index (χ4v) is 1.79. The largest absolute Gasteiger partial charge is 0.454 e. The molecule has 0 radical (unpaired) electrons. The molecule has 0 saturated carbocycles. The molecule has 0 spiro atoms. The molecule has 6 heteroatoms. The van der Waals surface area contributed by atoms with Crippen molar-refractivity contribution in [2.75, 3.05) is 13.3 Å². The summed E-state index contributed by atoms with van der Waals surface area (Å²) in [7, 11) is 0. The van der Waals surface area contributed by atoms with E-state index in [1.54, 1.807) is 0 Å². The second-order valence-corrected chi connectivity index (χ2v) is 3.96. The molecule has 0 atom stereocenters. The second-order valence-electron chi connectivity index (χ2n) is 3.96. The number of benzene rings is 1. The predicted octanol–water partition coefficient (Wildman–Crippen LogP) is 1.13. The first-order valence-corrected chi connectivity index (χ1v) is 5.76. The lowest BCUT2D eigenvalue weighted by molar-refractivity contribution is 0.174. The minimum atomic E-state index is 0.310. The summed E-state index contributed by atoms with van der Waals surface area (Å²) in [4.78, 5) is 3.95. The molecule has 0 saturated heterocycles. The van der Waals surface area contributed by atoms with Crippen LogP contribution in [0.1, 0.15) is 11.4 Å². The average molecular weight is 247 g/mol. The Bertz CT molecular complexity index is 513. The van der Waals surface area contributed by atoms with Gasteiger partial charge in [0.2, 0.25) is 13.2 Å². The molecule has 0 amide bonds. The molecule has 1 aromatic carbocycles. The fraction of sp³-hybridized carbons (Fsp3) is 0.333. The van der Waals surface area contributed by atoms with Gasteiger partial charge in [-0.1, -0.05) is 11.2 Å². The van der Waals surface area contributed by atoms with Crippen molar-refractivity contribution in [2.45, 2.75) is 13.0 Å².